The standard InChI is InChI=1S/C17H32N2O6/c1-12(20)23-11-14(24-13(2)21)10-19-9-7-6-8-15(18)16(22)25-17(3,4)5/h14-15,19H,6-11,18H2,1-5H3. The van der Waals surface area contributed by atoms with E-state index in [1.165, 1.54) is 13.8 Å². The van der Waals surface area contributed by atoms with Crippen LogP contribution in [0.5, 0.6) is 0 Å². The van der Waals surface area contributed by atoms with Crippen LogP contribution in [0.4, 0.5) is 0 Å². The van der Waals surface area contributed by atoms with Crippen molar-refractivity contribution in [2.45, 2.75) is 71.6 Å². The van der Waals surface area contributed by atoms with E-state index in [0.717, 1.165) is 12.8 Å². The molecule has 0 aromatic heterocycles. The third-order valence-electron chi connectivity index (χ3n) is 3.01. The average molecular weight is 360 g/mol. The van der Waals surface area contributed by atoms with E-state index in [-0.39, 0.29) is 6.61 Å². The fourth-order valence-electron chi connectivity index (χ4n) is 1.95. The van der Waals surface area contributed by atoms with E-state index < -0.39 is 35.7 Å². The smallest absolute Gasteiger partial charge is 0.323 e. The predicted molar refractivity (Wildman–Crippen MR) is 92.7 cm³/mol. The van der Waals surface area contributed by atoms with Crippen LogP contribution in [0.2, 0.25) is 0 Å². The van der Waals surface area contributed by atoms with E-state index in [4.69, 9.17) is 19.9 Å². The highest BCUT2D eigenvalue weighted by Gasteiger charge is 2.21. The molecule has 8 heteroatoms. The highest BCUT2D eigenvalue weighted by Crippen LogP contribution is 2.10. The zero-order valence-electron chi connectivity index (χ0n) is 15.9. The van der Waals surface area contributed by atoms with Crippen molar-refractivity contribution in [2.75, 3.05) is 19.7 Å². The Kier molecular flexibility index (Phi) is 11.0. The first kappa shape index (κ1) is 23.3. The molecule has 0 aliphatic carbocycles. The van der Waals surface area contributed by atoms with Crippen molar-refractivity contribution in [1.82, 2.24) is 5.32 Å². The Balaban J connectivity index is 3.92. The lowest BCUT2D eigenvalue weighted by Crippen LogP contribution is -2.37. The summed E-state index contributed by atoms with van der Waals surface area (Å²) in [5.41, 5.74) is 5.27. The molecule has 0 radical (unpaired) electrons. The number of hydrogen-bond donors (Lipinski definition) is 2. The molecule has 2 unspecified atom stereocenters. The lowest BCUT2D eigenvalue weighted by atomic mass is 10.1. The first-order valence-corrected chi connectivity index (χ1v) is 8.51. The zero-order valence-corrected chi connectivity index (χ0v) is 15.9. The van der Waals surface area contributed by atoms with Gasteiger partial charge in [0.15, 0.2) is 0 Å². The topological polar surface area (TPSA) is 117 Å². The van der Waals surface area contributed by atoms with Crippen LogP contribution in [0, 0.1) is 0 Å². The Morgan fingerprint density at radius 1 is 1.08 bits per heavy atom. The van der Waals surface area contributed by atoms with Gasteiger partial charge in [-0.1, -0.05) is 6.42 Å². The highest BCUT2D eigenvalue weighted by molar-refractivity contribution is 5.75. The van der Waals surface area contributed by atoms with E-state index in [0.29, 0.717) is 19.5 Å². The Labute approximate surface area is 149 Å². The van der Waals surface area contributed by atoms with Crippen LogP contribution in [0.3, 0.4) is 0 Å². The maximum atomic E-state index is 11.7. The van der Waals surface area contributed by atoms with Crippen molar-refractivity contribution in [2.24, 2.45) is 5.73 Å². The van der Waals surface area contributed by atoms with E-state index >= 15 is 0 Å². The summed E-state index contributed by atoms with van der Waals surface area (Å²) >= 11 is 0. The molecule has 0 bridgehead atoms. The second-order valence-electron chi connectivity index (χ2n) is 6.87. The number of unbranched alkanes of at least 4 members (excludes halogenated alkanes) is 1. The summed E-state index contributed by atoms with van der Waals surface area (Å²) in [5.74, 6) is -1.24. The summed E-state index contributed by atoms with van der Waals surface area (Å²) in [6.45, 7) is 9.07. The number of carbonyl (C=O) groups excluding carboxylic acids is 3. The number of ether oxygens (including phenoxy) is 3. The van der Waals surface area contributed by atoms with E-state index in [1.54, 1.807) is 20.8 Å². The maximum absolute atomic E-state index is 11.7. The average Bonchev–Trinajstić information content (AvgIpc) is 2.45. The fourth-order valence-corrected chi connectivity index (χ4v) is 1.95. The van der Waals surface area contributed by atoms with E-state index in [9.17, 15) is 14.4 Å². The lowest BCUT2D eigenvalue weighted by molar-refractivity contribution is -0.156. The Morgan fingerprint density at radius 2 is 1.72 bits per heavy atom. The molecule has 25 heavy (non-hydrogen) atoms. The summed E-state index contributed by atoms with van der Waals surface area (Å²) < 4.78 is 15.1. The van der Waals surface area contributed by atoms with Gasteiger partial charge in [0, 0.05) is 20.4 Å². The van der Waals surface area contributed by atoms with Crippen molar-refractivity contribution in [1.29, 1.82) is 0 Å². The maximum Gasteiger partial charge on any atom is 0.323 e. The second kappa shape index (κ2) is 11.8. The minimum absolute atomic E-state index is 0.0193. The number of nitrogens with one attached hydrogen (secondary N) is 1. The Morgan fingerprint density at radius 3 is 2.24 bits per heavy atom. The van der Waals surface area contributed by atoms with Crippen molar-refractivity contribution >= 4 is 17.9 Å². The van der Waals surface area contributed by atoms with Gasteiger partial charge in [-0.15, -0.1) is 0 Å². The highest BCUT2D eigenvalue weighted by atomic mass is 16.6. The SMILES string of the molecule is CC(=O)OCC(CNCCCCC(N)C(=O)OC(C)(C)C)OC(C)=O. The normalized spacial score (nSPS) is 13.7. The van der Waals surface area contributed by atoms with Crippen LogP contribution >= 0.6 is 0 Å². The summed E-state index contributed by atoms with van der Waals surface area (Å²) in [4.78, 5) is 33.6. The summed E-state index contributed by atoms with van der Waals surface area (Å²) in [7, 11) is 0. The third-order valence-corrected chi connectivity index (χ3v) is 3.01. The lowest BCUT2D eigenvalue weighted by Gasteiger charge is -2.22. The van der Waals surface area contributed by atoms with Crippen molar-refractivity contribution in [3.05, 3.63) is 0 Å². The molecule has 146 valence electrons. The van der Waals surface area contributed by atoms with Gasteiger partial charge in [0.2, 0.25) is 0 Å². The molecule has 0 spiro atoms. The molecule has 0 fully saturated rings. The first-order chi connectivity index (χ1) is 11.5. The van der Waals surface area contributed by atoms with Crippen LogP contribution in [0.25, 0.3) is 0 Å². The molecule has 0 rings (SSSR count). The van der Waals surface area contributed by atoms with E-state index in [2.05, 4.69) is 5.32 Å². The van der Waals surface area contributed by atoms with Gasteiger partial charge < -0.3 is 25.3 Å². The van der Waals surface area contributed by atoms with Gasteiger partial charge in [0.25, 0.3) is 0 Å². The summed E-state index contributed by atoms with van der Waals surface area (Å²) in [6, 6.07) is -0.628. The van der Waals surface area contributed by atoms with Gasteiger partial charge in [0.1, 0.15) is 24.4 Å². The predicted octanol–water partition coefficient (Wildman–Crippen LogP) is 0.910. The molecular weight excluding hydrogens is 328 g/mol. The molecule has 8 nitrogen and oxygen atoms in total. The minimum atomic E-state index is -0.628. The van der Waals surface area contributed by atoms with Crippen LogP contribution in [-0.2, 0) is 28.6 Å². The molecule has 0 saturated carbocycles. The molecule has 0 aliphatic rings. The quantitative estimate of drug-likeness (QED) is 0.317. The van der Waals surface area contributed by atoms with Crippen molar-refractivity contribution in [3.63, 3.8) is 0 Å². The fraction of sp³-hybridized carbons (Fsp3) is 0.824. The third kappa shape index (κ3) is 14.4. The number of esters is 3. The van der Waals surface area contributed by atoms with Gasteiger partial charge in [-0.05, 0) is 40.2 Å². The van der Waals surface area contributed by atoms with E-state index in [1.807, 2.05) is 0 Å². The van der Waals surface area contributed by atoms with Gasteiger partial charge >= 0.3 is 17.9 Å². The van der Waals surface area contributed by atoms with Crippen LogP contribution in [-0.4, -0.2) is 55.4 Å². The molecule has 0 aromatic carbocycles. The number of hydrogen-bond acceptors (Lipinski definition) is 8. The first-order valence-electron chi connectivity index (χ1n) is 8.51. The molecule has 0 heterocycles. The van der Waals surface area contributed by atoms with Gasteiger partial charge in [-0.3, -0.25) is 14.4 Å². The Hall–Kier alpha value is -1.67. The van der Waals surface area contributed by atoms with Gasteiger partial charge in [0.05, 0.1) is 0 Å². The molecule has 0 amide bonds. The molecule has 0 saturated heterocycles. The molecule has 3 N–H and O–H groups in total. The van der Waals surface area contributed by atoms with Crippen LogP contribution in [0.15, 0.2) is 0 Å². The number of carbonyl (C=O) groups is 3. The zero-order chi connectivity index (χ0) is 19.5. The molecule has 0 aromatic rings. The summed E-state index contributed by atoms with van der Waals surface area (Å²) in [6.07, 6.45) is 1.58. The number of nitrogens with two attached hydrogens (primary N) is 1. The van der Waals surface area contributed by atoms with Gasteiger partial charge in [-0.25, -0.2) is 0 Å². The second-order valence-corrected chi connectivity index (χ2v) is 6.87. The molecule has 0 aliphatic heterocycles. The minimum Gasteiger partial charge on any atom is -0.462 e. The molecular formula is C17H32N2O6. The number of rotatable bonds is 11. The van der Waals surface area contributed by atoms with Crippen LogP contribution in [0.1, 0.15) is 53.9 Å². The Bertz CT molecular complexity index is 433. The summed E-state index contributed by atoms with van der Waals surface area (Å²) in [5, 5.41) is 3.13. The van der Waals surface area contributed by atoms with Gasteiger partial charge in [-0.2, -0.15) is 0 Å². The largest absolute Gasteiger partial charge is 0.462 e. The monoisotopic (exact) mass is 360 g/mol. The van der Waals surface area contributed by atoms with Crippen molar-refractivity contribution < 1.29 is 28.6 Å². The van der Waals surface area contributed by atoms with Crippen LogP contribution < -0.4 is 11.1 Å². The molecule has 2 atom stereocenters. The van der Waals surface area contributed by atoms with Crippen molar-refractivity contribution in [3.8, 4) is 0 Å².